The summed E-state index contributed by atoms with van der Waals surface area (Å²) in [6.45, 7) is 1.43. The van der Waals surface area contributed by atoms with Crippen LogP contribution in [0, 0.1) is 5.82 Å². The minimum atomic E-state index is -0.279. The summed E-state index contributed by atoms with van der Waals surface area (Å²) >= 11 is 0. The van der Waals surface area contributed by atoms with E-state index in [2.05, 4.69) is 4.90 Å². The second kappa shape index (κ2) is 5.04. The molecule has 0 radical (unpaired) electrons. The Hall–Kier alpha value is -2.23. The van der Waals surface area contributed by atoms with Crippen LogP contribution in [0.2, 0.25) is 0 Å². The van der Waals surface area contributed by atoms with Crippen molar-refractivity contribution >= 4 is 11.4 Å². The highest BCUT2D eigenvalue weighted by Gasteiger charge is 2.20. The van der Waals surface area contributed by atoms with E-state index in [9.17, 15) is 4.39 Å². The summed E-state index contributed by atoms with van der Waals surface area (Å²) in [5, 5.41) is 0. The first-order valence-electron chi connectivity index (χ1n) is 6.64. The van der Waals surface area contributed by atoms with Crippen LogP contribution >= 0.6 is 0 Å². The third-order valence-electron chi connectivity index (χ3n) is 3.72. The van der Waals surface area contributed by atoms with Gasteiger partial charge in [0.05, 0.1) is 7.11 Å². The van der Waals surface area contributed by atoms with Crippen molar-refractivity contribution in [2.24, 2.45) is 0 Å². The molecule has 0 aromatic heterocycles. The Labute approximate surface area is 117 Å². The van der Waals surface area contributed by atoms with Crippen molar-refractivity contribution < 1.29 is 9.13 Å². The minimum Gasteiger partial charge on any atom is -0.494 e. The molecule has 0 saturated heterocycles. The first-order valence-corrected chi connectivity index (χ1v) is 6.64. The average molecular weight is 272 g/mol. The van der Waals surface area contributed by atoms with Crippen LogP contribution in [0.1, 0.15) is 11.1 Å². The lowest BCUT2D eigenvalue weighted by Crippen LogP contribution is -2.20. The van der Waals surface area contributed by atoms with E-state index in [0.717, 1.165) is 24.3 Å². The van der Waals surface area contributed by atoms with Crippen LogP contribution in [0.25, 0.3) is 0 Å². The summed E-state index contributed by atoms with van der Waals surface area (Å²) in [5.74, 6) is 0.0121. The molecule has 20 heavy (non-hydrogen) atoms. The van der Waals surface area contributed by atoms with Crippen molar-refractivity contribution in [2.45, 2.75) is 13.0 Å². The van der Waals surface area contributed by atoms with Crippen LogP contribution in [-0.2, 0) is 13.0 Å². The van der Waals surface area contributed by atoms with E-state index in [0.29, 0.717) is 17.9 Å². The SMILES string of the molecule is COc1cccc(CN2CCc3cc(N)ccc32)c1F. The zero-order valence-corrected chi connectivity index (χ0v) is 11.4. The van der Waals surface area contributed by atoms with E-state index in [1.165, 1.54) is 12.7 Å². The van der Waals surface area contributed by atoms with E-state index in [-0.39, 0.29) is 5.82 Å². The zero-order valence-electron chi connectivity index (χ0n) is 11.4. The van der Waals surface area contributed by atoms with E-state index >= 15 is 0 Å². The van der Waals surface area contributed by atoms with Gasteiger partial charge in [-0.1, -0.05) is 12.1 Å². The number of hydrogen-bond donors (Lipinski definition) is 1. The molecule has 0 atom stereocenters. The largest absolute Gasteiger partial charge is 0.494 e. The molecular formula is C16H17FN2O. The van der Waals surface area contributed by atoms with Gasteiger partial charge in [-0.05, 0) is 36.2 Å². The maximum atomic E-state index is 14.2. The number of rotatable bonds is 3. The first kappa shape index (κ1) is 12.8. The fourth-order valence-corrected chi connectivity index (χ4v) is 2.70. The standard InChI is InChI=1S/C16H17FN2O/c1-20-15-4-2-3-12(16(15)17)10-19-8-7-11-9-13(18)5-6-14(11)19/h2-6,9H,7-8,10,18H2,1H3. The van der Waals surface area contributed by atoms with Crippen molar-refractivity contribution in [1.29, 1.82) is 0 Å². The van der Waals surface area contributed by atoms with Gasteiger partial charge < -0.3 is 15.4 Å². The van der Waals surface area contributed by atoms with Crippen LogP contribution in [0.5, 0.6) is 5.75 Å². The summed E-state index contributed by atoms with van der Waals surface area (Å²) in [4.78, 5) is 2.17. The molecule has 0 unspecified atom stereocenters. The predicted octanol–water partition coefficient (Wildman–Crippen LogP) is 2.98. The number of anilines is 2. The summed E-state index contributed by atoms with van der Waals surface area (Å²) in [5.41, 5.74) is 9.59. The second-order valence-electron chi connectivity index (χ2n) is 4.99. The number of hydrogen-bond acceptors (Lipinski definition) is 3. The summed E-state index contributed by atoms with van der Waals surface area (Å²) in [6.07, 6.45) is 0.950. The van der Waals surface area contributed by atoms with Crippen molar-refractivity contribution in [1.82, 2.24) is 0 Å². The number of nitrogen functional groups attached to an aromatic ring is 1. The first-order chi connectivity index (χ1) is 9.69. The Balaban J connectivity index is 1.88. The van der Waals surface area contributed by atoms with Gasteiger partial charge in [-0.25, -0.2) is 4.39 Å². The molecule has 0 bridgehead atoms. The van der Waals surface area contributed by atoms with Crippen LogP contribution in [0.4, 0.5) is 15.8 Å². The molecule has 0 fully saturated rings. The fraction of sp³-hybridized carbons (Fsp3) is 0.250. The quantitative estimate of drug-likeness (QED) is 0.873. The Kier molecular flexibility index (Phi) is 3.22. The van der Waals surface area contributed by atoms with Gasteiger partial charge in [0.1, 0.15) is 0 Å². The van der Waals surface area contributed by atoms with Crippen molar-refractivity contribution in [3.63, 3.8) is 0 Å². The number of methoxy groups -OCH3 is 1. The molecule has 104 valence electrons. The molecule has 2 aromatic rings. The summed E-state index contributed by atoms with van der Waals surface area (Å²) < 4.78 is 19.2. The Morgan fingerprint density at radius 1 is 1.30 bits per heavy atom. The number of halogens is 1. The topological polar surface area (TPSA) is 38.5 Å². The Morgan fingerprint density at radius 3 is 2.95 bits per heavy atom. The third kappa shape index (κ3) is 2.18. The molecule has 4 heteroatoms. The Morgan fingerprint density at radius 2 is 2.15 bits per heavy atom. The molecule has 1 aliphatic heterocycles. The summed E-state index contributed by atoms with van der Waals surface area (Å²) in [7, 11) is 1.48. The molecule has 2 aromatic carbocycles. The van der Waals surface area contributed by atoms with Crippen molar-refractivity contribution in [3.05, 3.63) is 53.3 Å². The smallest absolute Gasteiger partial charge is 0.170 e. The van der Waals surface area contributed by atoms with Gasteiger partial charge in [-0.2, -0.15) is 0 Å². The number of nitrogens with two attached hydrogens (primary N) is 1. The normalized spacial score (nSPS) is 13.4. The number of benzene rings is 2. The maximum absolute atomic E-state index is 14.2. The molecule has 2 N–H and O–H groups in total. The highest BCUT2D eigenvalue weighted by atomic mass is 19.1. The number of nitrogens with zero attached hydrogens (tertiary/aromatic N) is 1. The molecule has 1 heterocycles. The molecule has 1 aliphatic rings. The molecule has 3 rings (SSSR count). The van der Waals surface area contributed by atoms with Crippen LogP contribution < -0.4 is 15.4 Å². The molecule has 0 saturated carbocycles. The van der Waals surface area contributed by atoms with Gasteiger partial charge in [0, 0.05) is 30.0 Å². The monoisotopic (exact) mass is 272 g/mol. The van der Waals surface area contributed by atoms with Gasteiger partial charge in [-0.3, -0.25) is 0 Å². The molecular weight excluding hydrogens is 255 g/mol. The highest BCUT2D eigenvalue weighted by Crippen LogP contribution is 2.32. The summed E-state index contributed by atoms with van der Waals surface area (Å²) in [6, 6.07) is 11.1. The van der Waals surface area contributed by atoms with Crippen LogP contribution in [0.3, 0.4) is 0 Å². The lowest BCUT2D eigenvalue weighted by Gasteiger charge is -2.20. The van der Waals surface area contributed by atoms with Gasteiger partial charge in [0.2, 0.25) is 0 Å². The lowest BCUT2D eigenvalue weighted by atomic mass is 10.1. The zero-order chi connectivity index (χ0) is 14.1. The van der Waals surface area contributed by atoms with Crippen molar-refractivity contribution in [2.75, 3.05) is 24.3 Å². The number of fused-ring (bicyclic) bond motifs is 1. The van der Waals surface area contributed by atoms with Gasteiger partial charge >= 0.3 is 0 Å². The Bertz CT molecular complexity index is 642. The van der Waals surface area contributed by atoms with Gasteiger partial charge in [0.15, 0.2) is 11.6 Å². The van der Waals surface area contributed by atoms with E-state index < -0.39 is 0 Å². The molecule has 0 amide bonds. The molecule has 0 spiro atoms. The highest BCUT2D eigenvalue weighted by molar-refractivity contribution is 5.63. The van der Waals surface area contributed by atoms with E-state index in [4.69, 9.17) is 10.5 Å². The third-order valence-corrected chi connectivity index (χ3v) is 3.72. The van der Waals surface area contributed by atoms with Gasteiger partial charge in [-0.15, -0.1) is 0 Å². The average Bonchev–Trinajstić information content (AvgIpc) is 2.83. The van der Waals surface area contributed by atoms with E-state index in [1.807, 2.05) is 24.3 Å². The second-order valence-corrected chi connectivity index (χ2v) is 4.99. The number of ether oxygens (including phenoxy) is 1. The van der Waals surface area contributed by atoms with Crippen molar-refractivity contribution in [3.8, 4) is 5.75 Å². The molecule has 3 nitrogen and oxygen atoms in total. The maximum Gasteiger partial charge on any atom is 0.170 e. The lowest BCUT2D eigenvalue weighted by molar-refractivity contribution is 0.384. The molecule has 0 aliphatic carbocycles. The predicted molar refractivity (Wildman–Crippen MR) is 78.6 cm³/mol. The van der Waals surface area contributed by atoms with E-state index in [1.54, 1.807) is 12.1 Å². The fourth-order valence-electron chi connectivity index (χ4n) is 2.70. The van der Waals surface area contributed by atoms with Gasteiger partial charge in [0.25, 0.3) is 0 Å². The minimum absolute atomic E-state index is 0.279. The van der Waals surface area contributed by atoms with Crippen LogP contribution in [-0.4, -0.2) is 13.7 Å². The van der Waals surface area contributed by atoms with Crippen LogP contribution in [0.15, 0.2) is 36.4 Å².